The summed E-state index contributed by atoms with van der Waals surface area (Å²) in [6.07, 6.45) is 2.54. The number of hydrogen-bond acceptors (Lipinski definition) is 5. The van der Waals surface area contributed by atoms with Crippen molar-refractivity contribution in [2.45, 2.75) is 6.42 Å². The first-order valence-electron chi connectivity index (χ1n) is 8.14. The van der Waals surface area contributed by atoms with E-state index in [0.717, 1.165) is 60.8 Å². The van der Waals surface area contributed by atoms with Gasteiger partial charge in [0.2, 0.25) is 5.91 Å². The van der Waals surface area contributed by atoms with E-state index in [4.69, 9.17) is 0 Å². The number of aromatic nitrogens is 2. The van der Waals surface area contributed by atoms with Gasteiger partial charge in [0.15, 0.2) is 0 Å². The Hall–Kier alpha value is -1.82. The third-order valence-electron chi connectivity index (χ3n) is 4.68. The minimum Gasteiger partial charge on any atom is -0.355 e. The maximum Gasteiger partial charge on any atom is 0.227 e. The van der Waals surface area contributed by atoms with Gasteiger partial charge in [-0.05, 0) is 18.6 Å². The van der Waals surface area contributed by atoms with Crippen molar-refractivity contribution in [2.75, 3.05) is 42.6 Å². The van der Waals surface area contributed by atoms with Gasteiger partial charge in [-0.3, -0.25) is 4.79 Å². The average Bonchev–Trinajstić information content (AvgIpc) is 3.11. The van der Waals surface area contributed by atoms with Gasteiger partial charge in [-0.2, -0.15) is 11.8 Å². The van der Waals surface area contributed by atoms with Crippen LogP contribution in [-0.2, 0) is 4.79 Å². The summed E-state index contributed by atoms with van der Waals surface area (Å²) in [6.45, 7) is 3.45. The number of fused-ring (bicyclic) bond motifs is 1. The molecule has 1 amide bonds. The quantitative estimate of drug-likeness (QED) is 0.844. The monoisotopic (exact) mass is 328 g/mol. The minimum absolute atomic E-state index is 0.104. The van der Waals surface area contributed by atoms with Crippen molar-refractivity contribution in [1.29, 1.82) is 0 Å². The summed E-state index contributed by atoms with van der Waals surface area (Å²) in [4.78, 5) is 25.8. The fraction of sp³-hybridized carbons (Fsp3) is 0.471. The van der Waals surface area contributed by atoms with Crippen LogP contribution in [-0.4, -0.2) is 58.5 Å². The van der Waals surface area contributed by atoms with Crippen LogP contribution in [0.15, 0.2) is 30.6 Å². The molecule has 0 bridgehead atoms. The molecule has 2 saturated heterocycles. The van der Waals surface area contributed by atoms with Gasteiger partial charge in [-0.15, -0.1) is 0 Å². The molecule has 23 heavy (non-hydrogen) atoms. The first kappa shape index (κ1) is 14.8. The summed E-state index contributed by atoms with van der Waals surface area (Å²) in [5, 5.41) is 1.07. The lowest BCUT2D eigenvalue weighted by Crippen LogP contribution is -2.42. The Balaban J connectivity index is 1.52. The van der Waals surface area contributed by atoms with E-state index in [1.165, 1.54) is 0 Å². The van der Waals surface area contributed by atoms with E-state index in [0.29, 0.717) is 5.91 Å². The minimum atomic E-state index is 0.104. The van der Waals surface area contributed by atoms with Crippen LogP contribution in [0.1, 0.15) is 6.42 Å². The molecular formula is C17H20N4OS. The highest BCUT2D eigenvalue weighted by atomic mass is 32.2. The number of carbonyl (C=O) groups is 1. The molecule has 1 unspecified atom stereocenters. The zero-order chi connectivity index (χ0) is 15.6. The van der Waals surface area contributed by atoms with Crippen molar-refractivity contribution in [1.82, 2.24) is 14.9 Å². The van der Waals surface area contributed by atoms with E-state index in [9.17, 15) is 4.79 Å². The summed E-state index contributed by atoms with van der Waals surface area (Å²) in [7, 11) is 0. The van der Waals surface area contributed by atoms with Gasteiger partial charge in [-0.1, -0.05) is 12.1 Å². The number of para-hydroxylation sites is 1. The van der Waals surface area contributed by atoms with E-state index in [2.05, 4.69) is 20.9 Å². The van der Waals surface area contributed by atoms with Crippen molar-refractivity contribution in [2.24, 2.45) is 5.92 Å². The summed E-state index contributed by atoms with van der Waals surface area (Å²) in [5.74, 6) is 3.52. The Bertz CT molecular complexity index is 711. The second-order valence-corrected chi connectivity index (χ2v) is 7.31. The van der Waals surface area contributed by atoms with Crippen LogP contribution in [0.4, 0.5) is 5.82 Å². The molecule has 3 heterocycles. The fourth-order valence-corrected chi connectivity index (χ4v) is 4.34. The lowest BCUT2D eigenvalue weighted by atomic mass is 10.1. The molecule has 120 valence electrons. The first-order chi connectivity index (χ1) is 11.3. The molecule has 2 fully saturated rings. The van der Waals surface area contributed by atoms with Crippen molar-refractivity contribution < 1.29 is 4.79 Å². The topological polar surface area (TPSA) is 49.3 Å². The van der Waals surface area contributed by atoms with Crippen LogP contribution >= 0.6 is 11.8 Å². The zero-order valence-corrected chi connectivity index (χ0v) is 13.8. The van der Waals surface area contributed by atoms with Crippen molar-refractivity contribution in [3.05, 3.63) is 30.6 Å². The van der Waals surface area contributed by atoms with Gasteiger partial charge in [0, 0.05) is 43.1 Å². The molecule has 0 aliphatic carbocycles. The Morgan fingerprint density at radius 1 is 1.13 bits per heavy atom. The van der Waals surface area contributed by atoms with Gasteiger partial charge < -0.3 is 9.80 Å². The van der Waals surface area contributed by atoms with Crippen molar-refractivity contribution in [3.63, 3.8) is 0 Å². The molecule has 0 radical (unpaired) electrons. The number of anilines is 1. The molecular weight excluding hydrogens is 308 g/mol. The van der Waals surface area contributed by atoms with E-state index >= 15 is 0 Å². The Kier molecular flexibility index (Phi) is 4.08. The van der Waals surface area contributed by atoms with Crippen LogP contribution < -0.4 is 4.90 Å². The molecule has 2 aliphatic heterocycles. The van der Waals surface area contributed by atoms with Crippen molar-refractivity contribution in [3.8, 4) is 0 Å². The number of hydrogen-bond donors (Lipinski definition) is 0. The molecule has 5 nitrogen and oxygen atoms in total. The Labute approximate surface area is 140 Å². The van der Waals surface area contributed by atoms with Crippen LogP contribution in [0.25, 0.3) is 10.9 Å². The molecule has 1 atom stereocenters. The average molecular weight is 328 g/mol. The summed E-state index contributed by atoms with van der Waals surface area (Å²) in [5.41, 5.74) is 0.959. The highest BCUT2D eigenvalue weighted by molar-refractivity contribution is 7.99. The third-order valence-corrected chi connectivity index (χ3v) is 5.62. The molecule has 1 aromatic carbocycles. The molecule has 0 N–H and O–H groups in total. The molecule has 2 aliphatic rings. The number of rotatable bonds is 2. The molecule has 2 aromatic rings. The fourth-order valence-electron chi connectivity index (χ4n) is 3.44. The molecule has 0 spiro atoms. The van der Waals surface area contributed by atoms with Gasteiger partial charge in [-0.25, -0.2) is 9.97 Å². The van der Waals surface area contributed by atoms with Crippen LogP contribution in [0, 0.1) is 5.92 Å². The molecule has 1 aromatic heterocycles. The van der Waals surface area contributed by atoms with E-state index < -0.39 is 0 Å². The van der Waals surface area contributed by atoms with E-state index in [1.54, 1.807) is 6.33 Å². The maximum absolute atomic E-state index is 12.7. The first-order valence-corrected chi connectivity index (χ1v) is 9.29. The van der Waals surface area contributed by atoms with Gasteiger partial charge >= 0.3 is 0 Å². The van der Waals surface area contributed by atoms with Gasteiger partial charge in [0.1, 0.15) is 12.1 Å². The zero-order valence-electron chi connectivity index (χ0n) is 13.0. The lowest BCUT2D eigenvalue weighted by molar-refractivity contribution is -0.134. The van der Waals surface area contributed by atoms with Crippen molar-refractivity contribution >= 4 is 34.4 Å². The Morgan fingerprint density at radius 2 is 1.96 bits per heavy atom. The van der Waals surface area contributed by atoms with Crippen LogP contribution in [0.2, 0.25) is 0 Å². The predicted molar refractivity (Wildman–Crippen MR) is 93.8 cm³/mol. The highest BCUT2D eigenvalue weighted by Crippen LogP contribution is 2.29. The molecule has 6 heteroatoms. The predicted octanol–water partition coefficient (Wildman–Crippen LogP) is 2.03. The number of benzene rings is 1. The Morgan fingerprint density at radius 3 is 2.83 bits per heavy atom. The second kappa shape index (κ2) is 6.35. The summed E-state index contributed by atoms with van der Waals surface area (Å²) < 4.78 is 0. The van der Waals surface area contributed by atoms with Crippen LogP contribution in [0.3, 0.4) is 0 Å². The molecule has 4 rings (SSSR count). The number of thioether (sulfide) groups is 1. The third kappa shape index (κ3) is 2.87. The smallest absolute Gasteiger partial charge is 0.227 e. The number of carbonyl (C=O) groups excluding carboxylic acids is 1. The SMILES string of the molecule is O=C(C1CCN(c2ncnc3ccccc23)C1)N1CCSCC1. The normalized spacial score (nSPS) is 21.8. The largest absolute Gasteiger partial charge is 0.355 e. The lowest BCUT2D eigenvalue weighted by Gasteiger charge is -2.29. The van der Waals surface area contributed by atoms with Gasteiger partial charge in [0.05, 0.1) is 11.4 Å². The summed E-state index contributed by atoms with van der Waals surface area (Å²) in [6, 6.07) is 8.06. The molecule has 0 saturated carbocycles. The summed E-state index contributed by atoms with van der Waals surface area (Å²) >= 11 is 1.94. The second-order valence-electron chi connectivity index (χ2n) is 6.08. The van der Waals surface area contributed by atoms with Crippen LogP contribution in [0.5, 0.6) is 0 Å². The highest BCUT2D eigenvalue weighted by Gasteiger charge is 2.33. The number of nitrogens with zero attached hydrogens (tertiary/aromatic N) is 4. The maximum atomic E-state index is 12.7. The van der Waals surface area contributed by atoms with E-state index in [1.807, 2.05) is 34.9 Å². The number of amides is 1. The standard InChI is InChI=1S/C17H20N4OS/c22-17(20-7-9-23-10-8-20)13-5-6-21(11-13)16-14-3-1-2-4-15(14)18-12-19-16/h1-4,12-13H,5-11H2. The van der Waals surface area contributed by atoms with E-state index in [-0.39, 0.29) is 5.92 Å². The van der Waals surface area contributed by atoms with Gasteiger partial charge in [0.25, 0.3) is 0 Å².